The van der Waals surface area contributed by atoms with Crippen LogP contribution >= 0.6 is 0 Å². The number of rotatable bonds is 20. The van der Waals surface area contributed by atoms with E-state index >= 15 is 0 Å². The van der Waals surface area contributed by atoms with E-state index in [2.05, 4.69) is 39.5 Å². The van der Waals surface area contributed by atoms with Crippen LogP contribution in [-0.4, -0.2) is 47.7 Å². The lowest BCUT2D eigenvalue weighted by atomic mass is 9.74. The van der Waals surface area contributed by atoms with Crippen molar-refractivity contribution in [3.8, 4) is 0 Å². The number of carbonyl (C=O) groups is 1. The van der Waals surface area contributed by atoms with Gasteiger partial charge in [-0.2, -0.15) is 0 Å². The molecular weight excluding hydrogens is 536 g/mol. The van der Waals surface area contributed by atoms with Crippen LogP contribution in [0.3, 0.4) is 0 Å². The van der Waals surface area contributed by atoms with E-state index in [4.69, 9.17) is 14.2 Å². The molecule has 1 saturated carbocycles. The fraction of sp³-hybridized carbons (Fsp3) is 0.816. The fourth-order valence-corrected chi connectivity index (χ4v) is 7.18. The number of hydrogen-bond acceptors (Lipinski definition) is 5. The van der Waals surface area contributed by atoms with Crippen molar-refractivity contribution in [2.75, 3.05) is 13.2 Å². The summed E-state index contributed by atoms with van der Waals surface area (Å²) in [5.41, 5.74) is 0.736. The first-order valence-corrected chi connectivity index (χ1v) is 17.9. The standard InChI is InChI=1S/C38H64O5/c1-6-7-8-9-10-11-12-13-14-15-16-17-18-19-20-23-35(39)41-29-38(25-21-22-30(2)3)33-24-26-37(5,40)36-34(43-36)27-31(4)32(33)28-42-38/h21-22,25,32-34,36,40H,4,6-20,23-24,26-29H2,1-3,5H3. The molecular formula is C38H64O5. The summed E-state index contributed by atoms with van der Waals surface area (Å²) in [4.78, 5) is 12.8. The van der Waals surface area contributed by atoms with Crippen molar-refractivity contribution in [1.29, 1.82) is 0 Å². The second kappa shape index (κ2) is 18.5. The van der Waals surface area contributed by atoms with Gasteiger partial charge in [-0.3, -0.25) is 4.79 Å². The van der Waals surface area contributed by atoms with Gasteiger partial charge in [0, 0.05) is 18.3 Å². The highest BCUT2D eigenvalue weighted by atomic mass is 16.6. The van der Waals surface area contributed by atoms with Gasteiger partial charge in [0.05, 0.1) is 18.3 Å². The second-order valence-electron chi connectivity index (χ2n) is 14.3. The van der Waals surface area contributed by atoms with E-state index in [1.807, 2.05) is 13.0 Å². The molecule has 246 valence electrons. The van der Waals surface area contributed by atoms with E-state index in [0.29, 0.717) is 19.4 Å². The highest BCUT2D eigenvalue weighted by Crippen LogP contribution is 2.50. The maximum atomic E-state index is 12.8. The fourth-order valence-electron chi connectivity index (χ4n) is 7.18. The third kappa shape index (κ3) is 12.1. The van der Waals surface area contributed by atoms with Gasteiger partial charge in [-0.15, -0.1) is 0 Å². The zero-order chi connectivity index (χ0) is 31.1. The van der Waals surface area contributed by atoms with Crippen LogP contribution < -0.4 is 0 Å². The maximum Gasteiger partial charge on any atom is 0.305 e. The van der Waals surface area contributed by atoms with Gasteiger partial charge in [-0.05, 0) is 52.5 Å². The molecule has 0 amide bonds. The van der Waals surface area contributed by atoms with E-state index < -0.39 is 11.2 Å². The summed E-state index contributed by atoms with van der Waals surface area (Å²) in [7, 11) is 0. The smallest absolute Gasteiger partial charge is 0.305 e. The largest absolute Gasteiger partial charge is 0.462 e. The molecule has 3 aliphatic rings. The molecule has 6 unspecified atom stereocenters. The van der Waals surface area contributed by atoms with Crippen molar-refractivity contribution in [2.24, 2.45) is 11.8 Å². The van der Waals surface area contributed by atoms with E-state index in [9.17, 15) is 9.90 Å². The minimum atomic E-state index is -0.873. The van der Waals surface area contributed by atoms with Crippen LogP contribution in [0.2, 0.25) is 0 Å². The summed E-state index contributed by atoms with van der Waals surface area (Å²) < 4.78 is 18.2. The molecule has 0 radical (unpaired) electrons. The van der Waals surface area contributed by atoms with Gasteiger partial charge in [0.25, 0.3) is 0 Å². The molecule has 0 spiro atoms. The van der Waals surface area contributed by atoms with Crippen LogP contribution in [0.15, 0.2) is 36.0 Å². The van der Waals surface area contributed by atoms with Crippen molar-refractivity contribution in [3.63, 3.8) is 0 Å². The molecule has 6 atom stereocenters. The molecule has 2 heterocycles. The topological polar surface area (TPSA) is 68.3 Å². The van der Waals surface area contributed by atoms with Gasteiger partial charge in [0.2, 0.25) is 0 Å². The molecule has 1 N–H and O–H groups in total. The Morgan fingerprint density at radius 1 is 0.977 bits per heavy atom. The summed E-state index contributed by atoms with van der Waals surface area (Å²) in [5, 5.41) is 11.1. The molecule has 2 aliphatic heterocycles. The maximum absolute atomic E-state index is 12.8. The Morgan fingerprint density at radius 3 is 2.14 bits per heavy atom. The molecule has 0 aromatic rings. The predicted octanol–water partition coefficient (Wildman–Crippen LogP) is 9.57. The third-order valence-corrected chi connectivity index (χ3v) is 10.0. The molecule has 43 heavy (non-hydrogen) atoms. The Balaban J connectivity index is 1.37. The average Bonchev–Trinajstić information content (AvgIpc) is 3.65. The number of fused-ring (bicyclic) bond motifs is 2. The molecule has 3 fully saturated rings. The lowest BCUT2D eigenvalue weighted by molar-refractivity contribution is -0.151. The number of hydrogen-bond donors (Lipinski definition) is 1. The Labute approximate surface area is 263 Å². The number of ether oxygens (including phenoxy) is 3. The zero-order valence-corrected chi connectivity index (χ0v) is 28.2. The molecule has 0 bridgehead atoms. The Kier molecular flexibility index (Phi) is 15.5. The molecule has 5 heteroatoms. The predicted molar refractivity (Wildman–Crippen MR) is 177 cm³/mol. The van der Waals surface area contributed by atoms with E-state index in [1.54, 1.807) is 0 Å². The van der Waals surface area contributed by atoms with E-state index in [0.717, 1.165) is 31.3 Å². The van der Waals surface area contributed by atoms with Crippen molar-refractivity contribution < 1.29 is 24.1 Å². The number of aliphatic hydroxyl groups is 1. The molecule has 1 aliphatic carbocycles. The first-order valence-electron chi connectivity index (χ1n) is 17.9. The number of esters is 1. The first-order chi connectivity index (χ1) is 20.7. The molecule has 0 aromatic heterocycles. The molecule has 3 rings (SSSR count). The van der Waals surface area contributed by atoms with Crippen LogP contribution in [-0.2, 0) is 19.0 Å². The van der Waals surface area contributed by atoms with Gasteiger partial charge in [-0.25, -0.2) is 0 Å². The van der Waals surface area contributed by atoms with Gasteiger partial charge in [-0.1, -0.05) is 127 Å². The SMILES string of the molecule is C=C1CC2OC2C(C)(O)CCC2C1COC2(C=CC=C(C)C)COC(=O)CCCCCCCCCCCCCCCCC. The number of allylic oxidation sites excluding steroid dienone is 3. The number of carbonyl (C=O) groups excluding carboxylic acids is 1. The minimum Gasteiger partial charge on any atom is -0.462 e. The summed E-state index contributed by atoms with van der Waals surface area (Å²) in [6.45, 7) is 13.5. The van der Waals surface area contributed by atoms with Gasteiger partial charge in [0.15, 0.2) is 0 Å². The highest BCUT2D eigenvalue weighted by Gasteiger charge is 2.56. The van der Waals surface area contributed by atoms with Crippen LogP contribution in [0, 0.1) is 11.8 Å². The number of epoxide rings is 1. The monoisotopic (exact) mass is 600 g/mol. The lowest BCUT2D eigenvalue weighted by Gasteiger charge is -2.34. The Bertz CT molecular complexity index is 900. The van der Waals surface area contributed by atoms with E-state index in [1.165, 1.54) is 89.0 Å². The summed E-state index contributed by atoms with van der Waals surface area (Å²) >= 11 is 0. The normalized spacial score (nSPS) is 30.3. The lowest BCUT2D eigenvalue weighted by Crippen LogP contribution is -2.42. The van der Waals surface area contributed by atoms with E-state index in [-0.39, 0.29) is 36.6 Å². The zero-order valence-electron chi connectivity index (χ0n) is 28.2. The highest BCUT2D eigenvalue weighted by molar-refractivity contribution is 5.69. The van der Waals surface area contributed by atoms with Gasteiger partial charge in [0.1, 0.15) is 18.3 Å². The van der Waals surface area contributed by atoms with Crippen LogP contribution in [0.5, 0.6) is 0 Å². The minimum absolute atomic E-state index is 0.0465. The Morgan fingerprint density at radius 2 is 1.56 bits per heavy atom. The molecule has 2 saturated heterocycles. The summed E-state index contributed by atoms with van der Waals surface area (Å²) in [6, 6.07) is 0. The first kappa shape index (κ1) is 36.0. The van der Waals surface area contributed by atoms with Crippen molar-refractivity contribution in [2.45, 2.75) is 173 Å². The van der Waals surface area contributed by atoms with Crippen LogP contribution in [0.4, 0.5) is 0 Å². The van der Waals surface area contributed by atoms with Gasteiger partial charge < -0.3 is 19.3 Å². The number of unbranched alkanes of at least 4 members (excludes halogenated alkanes) is 14. The Hall–Kier alpha value is -1.43. The second-order valence-corrected chi connectivity index (χ2v) is 14.3. The van der Waals surface area contributed by atoms with Crippen molar-refractivity contribution >= 4 is 5.97 Å². The van der Waals surface area contributed by atoms with Crippen molar-refractivity contribution in [1.82, 2.24) is 0 Å². The third-order valence-electron chi connectivity index (χ3n) is 10.0. The summed E-state index contributed by atoms with van der Waals surface area (Å²) in [5.74, 6) is 0.106. The van der Waals surface area contributed by atoms with Crippen LogP contribution in [0.25, 0.3) is 0 Å². The van der Waals surface area contributed by atoms with Gasteiger partial charge >= 0.3 is 5.97 Å². The quantitative estimate of drug-likeness (QED) is 0.0495. The molecule has 5 nitrogen and oxygen atoms in total. The van der Waals surface area contributed by atoms with Crippen LogP contribution in [0.1, 0.15) is 150 Å². The summed E-state index contributed by atoms with van der Waals surface area (Å²) in [6.07, 6.45) is 28.3. The average molecular weight is 601 g/mol. The molecule has 0 aromatic carbocycles. The van der Waals surface area contributed by atoms with Crippen molar-refractivity contribution in [3.05, 3.63) is 36.0 Å².